The van der Waals surface area contributed by atoms with E-state index in [2.05, 4.69) is 67.1 Å². The maximum Gasteiger partial charge on any atom is 0.243 e. The first-order valence-corrected chi connectivity index (χ1v) is 14.7. The van der Waals surface area contributed by atoms with Crippen molar-refractivity contribution in [3.8, 4) is 0 Å². The number of nitrogens with zero attached hydrogens (tertiary/aromatic N) is 1. The highest BCUT2D eigenvalue weighted by molar-refractivity contribution is 9.10. The minimum atomic E-state index is -0.598. The van der Waals surface area contributed by atoms with Crippen molar-refractivity contribution >= 4 is 39.5 Å². The van der Waals surface area contributed by atoms with Crippen LogP contribution in [0.15, 0.2) is 77.3 Å². The number of amides is 2. The highest BCUT2D eigenvalue weighted by Gasteiger charge is 2.30. The van der Waals surface area contributed by atoms with Crippen LogP contribution < -0.4 is 5.32 Å². The molecule has 3 aromatic carbocycles. The van der Waals surface area contributed by atoms with E-state index in [1.54, 1.807) is 16.7 Å². The first-order valence-electron chi connectivity index (χ1n) is 12.7. The van der Waals surface area contributed by atoms with Crippen molar-refractivity contribution < 1.29 is 9.59 Å². The van der Waals surface area contributed by atoms with Crippen molar-refractivity contribution in [1.29, 1.82) is 0 Å². The van der Waals surface area contributed by atoms with Crippen molar-refractivity contribution in [3.63, 3.8) is 0 Å². The summed E-state index contributed by atoms with van der Waals surface area (Å²) in [6.07, 6.45) is 0.467. The molecule has 3 aromatic rings. The van der Waals surface area contributed by atoms with E-state index in [4.69, 9.17) is 0 Å². The summed E-state index contributed by atoms with van der Waals surface area (Å²) < 4.78 is 0.980. The van der Waals surface area contributed by atoms with Crippen molar-refractivity contribution in [2.24, 2.45) is 5.92 Å². The average Bonchev–Trinajstić information content (AvgIpc) is 2.85. The predicted molar refractivity (Wildman–Crippen MR) is 159 cm³/mol. The van der Waals surface area contributed by atoms with Gasteiger partial charge in [-0.15, -0.1) is 11.8 Å². The Morgan fingerprint density at radius 1 is 0.892 bits per heavy atom. The number of hydrogen-bond donors (Lipinski definition) is 1. The number of aryl methyl sites for hydroxylation is 2. The van der Waals surface area contributed by atoms with Gasteiger partial charge in [-0.25, -0.2) is 0 Å². The Labute approximate surface area is 234 Å². The lowest BCUT2D eigenvalue weighted by atomic mass is 10.0. The normalized spacial score (nSPS) is 11.8. The van der Waals surface area contributed by atoms with E-state index in [0.717, 1.165) is 21.4 Å². The second-order valence-electron chi connectivity index (χ2n) is 9.98. The molecule has 1 N–H and O–H groups in total. The predicted octanol–water partition coefficient (Wildman–Crippen LogP) is 6.71. The third-order valence-corrected chi connectivity index (χ3v) is 7.51. The van der Waals surface area contributed by atoms with E-state index in [0.29, 0.717) is 31.2 Å². The summed E-state index contributed by atoms with van der Waals surface area (Å²) in [7, 11) is 0. The summed E-state index contributed by atoms with van der Waals surface area (Å²) in [6.45, 7) is 9.28. The molecule has 0 unspecified atom stereocenters. The molecule has 2 amide bonds. The van der Waals surface area contributed by atoms with Gasteiger partial charge in [-0.1, -0.05) is 102 Å². The van der Waals surface area contributed by atoms with E-state index in [1.165, 1.54) is 16.7 Å². The van der Waals surface area contributed by atoms with E-state index in [1.807, 2.05) is 54.6 Å². The van der Waals surface area contributed by atoms with E-state index in [9.17, 15) is 9.59 Å². The summed E-state index contributed by atoms with van der Waals surface area (Å²) in [4.78, 5) is 29.0. The lowest BCUT2D eigenvalue weighted by molar-refractivity contribution is -0.139. The molecule has 0 heterocycles. The molecule has 0 aliphatic rings. The average molecular weight is 582 g/mol. The third kappa shape index (κ3) is 9.67. The Balaban J connectivity index is 1.84. The van der Waals surface area contributed by atoms with Gasteiger partial charge in [0, 0.05) is 29.7 Å². The van der Waals surface area contributed by atoms with E-state index >= 15 is 0 Å². The molecule has 1 atom stereocenters. The topological polar surface area (TPSA) is 49.4 Å². The molecular weight excluding hydrogens is 544 g/mol. The molecule has 0 fully saturated rings. The van der Waals surface area contributed by atoms with E-state index in [-0.39, 0.29) is 11.8 Å². The number of halogens is 1. The van der Waals surface area contributed by atoms with Gasteiger partial charge in [0.2, 0.25) is 11.8 Å². The van der Waals surface area contributed by atoms with Gasteiger partial charge in [0.15, 0.2) is 0 Å². The largest absolute Gasteiger partial charge is 0.354 e. The second kappa shape index (κ2) is 14.4. The first-order chi connectivity index (χ1) is 17.7. The summed E-state index contributed by atoms with van der Waals surface area (Å²) in [6, 6.07) is 23.8. The van der Waals surface area contributed by atoms with Crippen molar-refractivity contribution in [1.82, 2.24) is 10.2 Å². The fourth-order valence-electron chi connectivity index (χ4n) is 4.25. The minimum absolute atomic E-state index is 0.0297. The highest BCUT2D eigenvalue weighted by Crippen LogP contribution is 2.20. The fraction of sp³-hybridized carbons (Fsp3) is 0.355. The molecule has 0 saturated heterocycles. The van der Waals surface area contributed by atoms with Crippen LogP contribution in [0.25, 0.3) is 0 Å². The van der Waals surface area contributed by atoms with Crippen LogP contribution in [0.3, 0.4) is 0 Å². The number of benzene rings is 3. The maximum absolute atomic E-state index is 13.7. The molecule has 0 bridgehead atoms. The lowest BCUT2D eigenvalue weighted by Crippen LogP contribution is -2.51. The quantitative estimate of drug-likeness (QED) is 0.259. The third-order valence-electron chi connectivity index (χ3n) is 6.00. The zero-order valence-electron chi connectivity index (χ0n) is 22.2. The van der Waals surface area contributed by atoms with Crippen molar-refractivity contribution in [2.45, 2.75) is 52.5 Å². The molecule has 37 heavy (non-hydrogen) atoms. The smallest absolute Gasteiger partial charge is 0.243 e. The first kappa shape index (κ1) is 29.0. The summed E-state index contributed by atoms with van der Waals surface area (Å²) in [5, 5.41) is 3.08. The maximum atomic E-state index is 13.7. The van der Waals surface area contributed by atoms with Crippen LogP contribution in [0.2, 0.25) is 0 Å². The van der Waals surface area contributed by atoms with Gasteiger partial charge >= 0.3 is 0 Å². The molecule has 0 aromatic heterocycles. The molecule has 6 heteroatoms. The van der Waals surface area contributed by atoms with Crippen LogP contribution in [0.4, 0.5) is 0 Å². The lowest BCUT2D eigenvalue weighted by Gasteiger charge is -2.32. The van der Waals surface area contributed by atoms with Crippen LogP contribution in [0, 0.1) is 19.8 Å². The van der Waals surface area contributed by atoms with E-state index < -0.39 is 6.04 Å². The van der Waals surface area contributed by atoms with Crippen molar-refractivity contribution in [3.05, 3.63) is 105 Å². The Hall–Kier alpha value is -2.57. The van der Waals surface area contributed by atoms with Gasteiger partial charge in [0.25, 0.3) is 0 Å². The number of rotatable bonds is 12. The molecule has 0 radical (unpaired) electrons. The number of carbonyl (C=O) groups excluding carboxylic acids is 2. The monoisotopic (exact) mass is 580 g/mol. The standard InChI is InChI=1S/C31H37BrN2O2S/c1-22(2)18-33-31(36)29(17-25-8-6-5-7-9-25)34(19-26-10-12-28(32)13-11-26)30(35)21-37-20-27-15-23(3)14-24(4)16-27/h5-16,22,29H,17-21H2,1-4H3,(H,33,36)/t29-/m0/s1. The molecule has 0 aliphatic carbocycles. The van der Waals surface area contributed by atoms with Crippen molar-refractivity contribution in [2.75, 3.05) is 12.3 Å². The zero-order valence-corrected chi connectivity index (χ0v) is 24.6. The van der Waals surface area contributed by atoms with Crippen LogP contribution >= 0.6 is 27.7 Å². The summed E-state index contributed by atoms with van der Waals surface area (Å²) in [5.41, 5.74) is 5.69. The Morgan fingerprint density at radius 3 is 2.16 bits per heavy atom. The molecule has 4 nitrogen and oxygen atoms in total. The molecule has 0 aliphatic heterocycles. The number of thioether (sulfide) groups is 1. The summed E-state index contributed by atoms with van der Waals surface area (Å²) >= 11 is 5.09. The van der Waals surface area contributed by atoms with Crippen LogP contribution in [0.5, 0.6) is 0 Å². The zero-order chi connectivity index (χ0) is 26.8. The number of hydrogen-bond acceptors (Lipinski definition) is 3. The van der Waals surface area contributed by atoms with Gasteiger partial charge in [-0.05, 0) is 48.6 Å². The number of nitrogens with one attached hydrogen (secondary N) is 1. The van der Waals surface area contributed by atoms with Gasteiger partial charge in [0.05, 0.1) is 5.75 Å². The fourth-order valence-corrected chi connectivity index (χ4v) is 5.36. The Morgan fingerprint density at radius 2 is 1.54 bits per heavy atom. The molecule has 0 spiro atoms. The number of carbonyl (C=O) groups is 2. The van der Waals surface area contributed by atoms with Crippen LogP contribution in [-0.4, -0.2) is 35.1 Å². The van der Waals surface area contributed by atoms with Crippen LogP contribution in [-0.2, 0) is 28.3 Å². The molecular formula is C31H37BrN2O2S. The molecule has 0 saturated carbocycles. The van der Waals surface area contributed by atoms with Gasteiger partial charge in [0.1, 0.15) is 6.04 Å². The second-order valence-corrected chi connectivity index (χ2v) is 11.9. The van der Waals surface area contributed by atoms with Gasteiger partial charge < -0.3 is 10.2 Å². The SMILES string of the molecule is Cc1cc(C)cc(CSCC(=O)N(Cc2ccc(Br)cc2)[C@@H](Cc2ccccc2)C(=O)NCC(C)C)c1. The Bertz CT molecular complexity index is 1150. The van der Waals surface area contributed by atoms with Gasteiger partial charge in [-0.3, -0.25) is 9.59 Å². The summed E-state index contributed by atoms with van der Waals surface area (Å²) in [5.74, 6) is 1.25. The minimum Gasteiger partial charge on any atom is -0.354 e. The molecule has 3 rings (SSSR count). The van der Waals surface area contributed by atoms with Gasteiger partial charge in [-0.2, -0.15) is 0 Å². The van der Waals surface area contributed by atoms with Crippen LogP contribution in [0.1, 0.15) is 41.7 Å². The molecule has 196 valence electrons. The Kier molecular flexibility index (Phi) is 11.3. The highest BCUT2D eigenvalue weighted by atomic mass is 79.9.